The minimum absolute atomic E-state index is 0.0538. The number of anilines is 1. The first kappa shape index (κ1) is 15.2. The van der Waals surface area contributed by atoms with E-state index in [1.54, 1.807) is 30.0 Å². The number of nitrogens with zero attached hydrogens (tertiary/aromatic N) is 2. The molecular weight excluding hydrogens is 270 g/mol. The third-order valence-corrected chi connectivity index (χ3v) is 3.19. The van der Waals surface area contributed by atoms with Crippen molar-refractivity contribution in [3.8, 4) is 17.4 Å². The molecule has 0 atom stereocenters. The van der Waals surface area contributed by atoms with E-state index in [1.807, 2.05) is 20.8 Å². The quantitative estimate of drug-likeness (QED) is 0.885. The van der Waals surface area contributed by atoms with Crippen LogP contribution < -0.4 is 15.2 Å². The molecule has 2 rings (SSSR count). The summed E-state index contributed by atoms with van der Waals surface area (Å²) in [5, 5.41) is 13.6. The number of aliphatic hydroxyl groups excluding tert-OH is 1. The van der Waals surface area contributed by atoms with E-state index in [0.717, 1.165) is 11.3 Å². The van der Waals surface area contributed by atoms with Crippen molar-refractivity contribution in [1.29, 1.82) is 0 Å². The third-order valence-electron chi connectivity index (χ3n) is 3.19. The van der Waals surface area contributed by atoms with Crippen LogP contribution in [0.25, 0.3) is 0 Å². The predicted molar refractivity (Wildman–Crippen MR) is 80.8 cm³/mol. The molecule has 1 aromatic heterocycles. The van der Waals surface area contributed by atoms with Gasteiger partial charge in [-0.3, -0.25) is 0 Å². The Morgan fingerprint density at radius 1 is 1.33 bits per heavy atom. The Hall–Kier alpha value is -2.21. The lowest BCUT2D eigenvalue weighted by atomic mass is 10.2. The van der Waals surface area contributed by atoms with Gasteiger partial charge in [0.2, 0.25) is 5.88 Å². The molecule has 0 bridgehead atoms. The van der Waals surface area contributed by atoms with Crippen LogP contribution in [0.4, 0.5) is 5.69 Å². The third kappa shape index (κ3) is 2.95. The highest BCUT2D eigenvalue weighted by Gasteiger charge is 2.18. The van der Waals surface area contributed by atoms with Crippen molar-refractivity contribution in [3.05, 3.63) is 29.5 Å². The van der Waals surface area contributed by atoms with E-state index in [-0.39, 0.29) is 12.6 Å². The van der Waals surface area contributed by atoms with Gasteiger partial charge in [-0.2, -0.15) is 5.10 Å². The molecule has 0 amide bonds. The minimum atomic E-state index is -0.0538. The van der Waals surface area contributed by atoms with Crippen molar-refractivity contribution < 1.29 is 14.6 Å². The van der Waals surface area contributed by atoms with Gasteiger partial charge in [0.15, 0.2) is 11.5 Å². The number of hydrogen-bond donors (Lipinski definition) is 2. The van der Waals surface area contributed by atoms with Crippen LogP contribution in [0.3, 0.4) is 0 Å². The van der Waals surface area contributed by atoms with E-state index >= 15 is 0 Å². The molecule has 6 nitrogen and oxygen atoms in total. The van der Waals surface area contributed by atoms with Gasteiger partial charge in [-0.05, 0) is 38.5 Å². The molecule has 0 aliphatic rings. The summed E-state index contributed by atoms with van der Waals surface area (Å²) in [4.78, 5) is 0. The van der Waals surface area contributed by atoms with E-state index in [2.05, 4.69) is 5.10 Å². The topological polar surface area (TPSA) is 82.5 Å². The lowest BCUT2D eigenvalue weighted by Gasteiger charge is -2.15. The molecule has 6 heteroatoms. The van der Waals surface area contributed by atoms with Crippen LogP contribution in [-0.4, -0.2) is 22.0 Å². The maximum atomic E-state index is 9.17. The highest BCUT2D eigenvalue weighted by atomic mass is 16.5. The molecule has 0 saturated carbocycles. The van der Waals surface area contributed by atoms with E-state index in [4.69, 9.17) is 15.2 Å². The van der Waals surface area contributed by atoms with Crippen LogP contribution in [0.1, 0.15) is 31.1 Å². The average Bonchev–Trinajstić information content (AvgIpc) is 2.76. The zero-order valence-corrected chi connectivity index (χ0v) is 12.8. The standard InChI is InChI=1S/C15H21N3O3/c1-9(2)18-15(14(16)10(3)17-18)21-12-6-5-11(8-19)7-13(12)20-4/h5-7,9,19H,8,16H2,1-4H3. The molecule has 1 heterocycles. The first-order chi connectivity index (χ1) is 9.97. The molecule has 0 fully saturated rings. The van der Waals surface area contributed by atoms with Crippen molar-refractivity contribution in [2.75, 3.05) is 12.8 Å². The Labute approximate surface area is 124 Å². The molecule has 0 spiro atoms. The van der Waals surface area contributed by atoms with Gasteiger partial charge < -0.3 is 20.3 Å². The van der Waals surface area contributed by atoms with Crippen LogP contribution in [0.15, 0.2) is 18.2 Å². The largest absolute Gasteiger partial charge is 0.493 e. The summed E-state index contributed by atoms with van der Waals surface area (Å²) in [6.07, 6.45) is 0. The molecule has 0 radical (unpaired) electrons. The second-order valence-electron chi connectivity index (χ2n) is 5.09. The molecule has 0 aliphatic carbocycles. The molecule has 2 aromatic rings. The van der Waals surface area contributed by atoms with Crippen LogP contribution in [0.2, 0.25) is 0 Å². The summed E-state index contributed by atoms with van der Waals surface area (Å²) >= 11 is 0. The molecular formula is C15H21N3O3. The number of nitrogens with two attached hydrogens (primary N) is 1. The minimum Gasteiger partial charge on any atom is -0.493 e. The molecule has 114 valence electrons. The van der Waals surface area contributed by atoms with Crippen LogP contribution >= 0.6 is 0 Å². The second kappa shape index (κ2) is 6.05. The number of aliphatic hydroxyl groups is 1. The fourth-order valence-corrected chi connectivity index (χ4v) is 1.99. The smallest absolute Gasteiger partial charge is 0.241 e. The monoisotopic (exact) mass is 291 g/mol. The Morgan fingerprint density at radius 2 is 2.05 bits per heavy atom. The number of methoxy groups -OCH3 is 1. The lowest BCUT2D eigenvalue weighted by Crippen LogP contribution is -2.06. The summed E-state index contributed by atoms with van der Waals surface area (Å²) < 4.78 is 13.0. The SMILES string of the molecule is COc1cc(CO)ccc1Oc1c(N)c(C)nn1C(C)C. The second-order valence-corrected chi connectivity index (χ2v) is 5.09. The number of benzene rings is 1. The Balaban J connectivity index is 2.43. The highest BCUT2D eigenvalue weighted by molar-refractivity contribution is 5.55. The summed E-state index contributed by atoms with van der Waals surface area (Å²) in [5.74, 6) is 1.57. The van der Waals surface area contributed by atoms with E-state index in [1.165, 1.54) is 0 Å². The molecule has 0 aliphatic heterocycles. The van der Waals surface area contributed by atoms with Crippen molar-refractivity contribution >= 4 is 5.69 Å². The molecule has 0 unspecified atom stereocenters. The Morgan fingerprint density at radius 3 is 2.62 bits per heavy atom. The van der Waals surface area contributed by atoms with Crippen molar-refractivity contribution in [2.24, 2.45) is 0 Å². The first-order valence-corrected chi connectivity index (χ1v) is 6.78. The number of ether oxygens (including phenoxy) is 2. The first-order valence-electron chi connectivity index (χ1n) is 6.78. The Bertz CT molecular complexity index is 635. The number of aromatic nitrogens is 2. The van der Waals surface area contributed by atoms with E-state index in [9.17, 15) is 5.11 Å². The Kier molecular flexibility index (Phi) is 4.37. The van der Waals surface area contributed by atoms with Gasteiger partial charge in [-0.15, -0.1) is 0 Å². The number of rotatable bonds is 5. The fourth-order valence-electron chi connectivity index (χ4n) is 1.99. The number of nitrogen functional groups attached to an aromatic ring is 1. The van der Waals surface area contributed by atoms with Gasteiger partial charge in [0.1, 0.15) is 5.69 Å². The summed E-state index contributed by atoms with van der Waals surface area (Å²) in [6, 6.07) is 5.38. The lowest BCUT2D eigenvalue weighted by molar-refractivity contribution is 0.280. The van der Waals surface area contributed by atoms with E-state index < -0.39 is 0 Å². The molecule has 1 aromatic carbocycles. The van der Waals surface area contributed by atoms with Gasteiger partial charge in [-0.1, -0.05) is 6.07 Å². The van der Waals surface area contributed by atoms with Gasteiger partial charge in [0.25, 0.3) is 0 Å². The fraction of sp³-hybridized carbons (Fsp3) is 0.400. The number of hydrogen-bond acceptors (Lipinski definition) is 5. The highest BCUT2D eigenvalue weighted by Crippen LogP contribution is 2.37. The molecule has 3 N–H and O–H groups in total. The summed E-state index contributed by atoms with van der Waals surface area (Å²) in [5.41, 5.74) is 8.04. The number of aryl methyl sites for hydroxylation is 1. The zero-order chi connectivity index (χ0) is 15.6. The van der Waals surface area contributed by atoms with Gasteiger partial charge >= 0.3 is 0 Å². The van der Waals surface area contributed by atoms with Crippen molar-refractivity contribution in [1.82, 2.24) is 9.78 Å². The predicted octanol–water partition coefficient (Wildman–Crippen LogP) is 2.65. The van der Waals surface area contributed by atoms with Gasteiger partial charge in [0, 0.05) is 0 Å². The van der Waals surface area contributed by atoms with E-state index in [0.29, 0.717) is 23.1 Å². The van der Waals surface area contributed by atoms with Gasteiger partial charge in [-0.25, -0.2) is 4.68 Å². The maximum Gasteiger partial charge on any atom is 0.241 e. The average molecular weight is 291 g/mol. The van der Waals surface area contributed by atoms with Crippen molar-refractivity contribution in [2.45, 2.75) is 33.4 Å². The van der Waals surface area contributed by atoms with Crippen LogP contribution in [0.5, 0.6) is 17.4 Å². The summed E-state index contributed by atoms with van der Waals surface area (Å²) in [7, 11) is 1.55. The summed E-state index contributed by atoms with van der Waals surface area (Å²) in [6.45, 7) is 5.80. The van der Waals surface area contributed by atoms with Crippen molar-refractivity contribution in [3.63, 3.8) is 0 Å². The normalized spacial score (nSPS) is 11.0. The van der Waals surface area contributed by atoms with Gasteiger partial charge in [0.05, 0.1) is 25.5 Å². The van der Waals surface area contributed by atoms with Crippen LogP contribution in [0, 0.1) is 6.92 Å². The molecule has 0 saturated heterocycles. The zero-order valence-electron chi connectivity index (χ0n) is 12.8. The molecule has 21 heavy (non-hydrogen) atoms. The van der Waals surface area contributed by atoms with Crippen LogP contribution in [-0.2, 0) is 6.61 Å². The maximum absolute atomic E-state index is 9.17.